The van der Waals surface area contributed by atoms with Gasteiger partial charge in [0.05, 0.1) is 5.41 Å². The standard InChI is InChI=1S/C11H18N4O2/c1-11(2,9(16)13-12)7-14-5-6-15(10(14)17)8-3-4-8/h5-6,8H,3-4,7,12H2,1-2H3,(H,13,16). The van der Waals surface area contributed by atoms with Gasteiger partial charge in [-0.2, -0.15) is 0 Å². The minimum Gasteiger partial charge on any atom is -0.298 e. The zero-order valence-electron chi connectivity index (χ0n) is 10.1. The molecule has 0 unspecified atom stereocenters. The molecule has 1 aromatic heterocycles. The maximum absolute atomic E-state index is 12.0. The molecule has 6 heteroatoms. The molecular weight excluding hydrogens is 220 g/mol. The molecule has 1 amide bonds. The Morgan fingerprint density at radius 1 is 1.53 bits per heavy atom. The number of nitrogens with two attached hydrogens (primary N) is 1. The summed E-state index contributed by atoms with van der Waals surface area (Å²) in [5.74, 6) is 4.85. The average molecular weight is 238 g/mol. The molecule has 1 saturated carbocycles. The van der Waals surface area contributed by atoms with Crippen LogP contribution >= 0.6 is 0 Å². The molecule has 0 saturated heterocycles. The third-order valence-corrected chi connectivity index (χ3v) is 3.13. The number of imidazole rings is 1. The summed E-state index contributed by atoms with van der Waals surface area (Å²) in [6.45, 7) is 3.85. The lowest BCUT2D eigenvalue weighted by Crippen LogP contribution is -2.44. The SMILES string of the molecule is CC(C)(Cn1ccn(C2CC2)c1=O)C(=O)NN. The smallest absolute Gasteiger partial charge is 0.298 e. The zero-order valence-corrected chi connectivity index (χ0v) is 10.1. The number of nitrogens with one attached hydrogen (secondary N) is 1. The van der Waals surface area contributed by atoms with Gasteiger partial charge in [-0.15, -0.1) is 0 Å². The Labute approximate surface area is 99.4 Å². The monoisotopic (exact) mass is 238 g/mol. The van der Waals surface area contributed by atoms with Gasteiger partial charge in [-0.1, -0.05) is 0 Å². The van der Waals surface area contributed by atoms with Crippen molar-refractivity contribution in [3.05, 3.63) is 22.9 Å². The molecule has 0 atom stereocenters. The summed E-state index contributed by atoms with van der Waals surface area (Å²) < 4.78 is 3.30. The lowest BCUT2D eigenvalue weighted by Gasteiger charge is -2.22. The van der Waals surface area contributed by atoms with Crippen LogP contribution < -0.4 is 17.0 Å². The van der Waals surface area contributed by atoms with Gasteiger partial charge in [-0.25, -0.2) is 10.6 Å². The summed E-state index contributed by atoms with van der Waals surface area (Å²) in [7, 11) is 0. The molecule has 0 radical (unpaired) electrons. The van der Waals surface area contributed by atoms with Gasteiger partial charge in [0.15, 0.2) is 0 Å². The van der Waals surface area contributed by atoms with Crippen LogP contribution in [-0.2, 0) is 11.3 Å². The van der Waals surface area contributed by atoms with E-state index >= 15 is 0 Å². The first-order chi connectivity index (χ1) is 7.95. The van der Waals surface area contributed by atoms with Crippen LogP contribution in [0.15, 0.2) is 17.2 Å². The van der Waals surface area contributed by atoms with E-state index in [2.05, 4.69) is 5.43 Å². The van der Waals surface area contributed by atoms with E-state index in [1.54, 1.807) is 35.4 Å². The Hall–Kier alpha value is -1.56. The second kappa shape index (κ2) is 4.03. The number of hydrogen-bond donors (Lipinski definition) is 2. The number of hydrogen-bond acceptors (Lipinski definition) is 3. The van der Waals surface area contributed by atoms with Gasteiger partial charge in [0.1, 0.15) is 0 Å². The lowest BCUT2D eigenvalue weighted by atomic mass is 9.92. The summed E-state index contributed by atoms with van der Waals surface area (Å²) in [5.41, 5.74) is 1.38. The number of aromatic nitrogens is 2. The lowest BCUT2D eigenvalue weighted by molar-refractivity contribution is -0.130. The third kappa shape index (κ3) is 2.26. The fraction of sp³-hybridized carbons (Fsp3) is 0.636. The highest BCUT2D eigenvalue weighted by Gasteiger charge is 2.30. The highest BCUT2D eigenvalue weighted by molar-refractivity contribution is 5.81. The summed E-state index contributed by atoms with van der Waals surface area (Å²) in [5, 5.41) is 0. The van der Waals surface area contributed by atoms with Crippen molar-refractivity contribution in [2.45, 2.75) is 39.3 Å². The first kappa shape index (κ1) is 11.9. The molecule has 0 aliphatic heterocycles. The van der Waals surface area contributed by atoms with Crippen LogP contribution in [0.2, 0.25) is 0 Å². The van der Waals surface area contributed by atoms with E-state index in [0.717, 1.165) is 12.8 Å². The van der Waals surface area contributed by atoms with Crippen molar-refractivity contribution in [1.82, 2.24) is 14.6 Å². The Bertz CT molecular complexity index is 482. The predicted molar refractivity (Wildman–Crippen MR) is 63.1 cm³/mol. The van der Waals surface area contributed by atoms with Gasteiger partial charge in [0.2, 0.25) is 5.91 Å². The van der Waals surface area contributed by atoms with Crippen molar-refractivity contribution < 1.29 is 4.79 Å². The Morgan fingerprint density at radius 3 is 2.71 bits per heavy atom. The second-order valence-electron chi connectivity index (χ2n) is 5.20. The number of rotatable bonds is 4. The van der Waals surface area contributed by atoms with Crippen molar-refractivity contribution in [3.63, 3.8) is 0 Å². The third-order valence-electron chi connectivity index (χ3n) is 3.13. The fourth-order valence-corrected chi connectivity index (χ4v) is 1.87. The van der Waals surface area contributed by atoms with E-state index in [1.807, 2.05) is 0 Å². The fourth-order valence-electron chi connectivity index (χ4n) is 1.87. The zero-order chi connectivity index (χ0) is 12.6. The van der Waals surface area contributed by atoms with Crippen LogP contribution in [0.1, 0.15) is 32.7 Å². The predicted octanol–water partition coefficient (Wildman–Crippen LogP) is 0.000800. The van der Waals surface area contributed by atoms with Crippen molar-refractivity contribution >= 4 is 5.91 Å². The number of carbonyl (C=O) groups is 1. The minimum atomic E-state index is -0.700. The molecular formula is C11H18N4O2. The molecule has 2 rings (SSSR count). The number of nitrogens with zero attached hydrogens (tertiary/aromatic N) is 2. The molecule has 0 spiro atoms. The van der Waals surface area contributed by atoms with E-state index in [-0.39, 0.29) is 11.6 Å². The molecule has 94 valence electrons. The molecule has 6 nitrogen and oxygen atoms in total. The molecule has 1 heterocycles. The molecule has 1 fully saturated rings. The van der Waals surface area contributed by atoms with E-state index < -0.39 is 5.41 Å². The summed E-state index contributed by atoms with van der Waals surface area (Å²) in [4.78, 5) is 23.5. The van der Waals surface area contributed by atoms with Gasteiger partial charge < -0.3 is 0 Å². The Kier molecular flexibility index (Phi) is 2.82. The van der Waals surface area contributed by atoms with Gasteiger partial charge in [0, 0.05) is 25.0 Å². The van der Waals surface area contributed by atoms with Crippen molar-refractivity contribution in [1.29, 1.82) is 0 Å². The summed E-state index contributed by atoms with van der Waals surface area (Å²) >= 11 is 0. The highest BCUT2D eigenvalue weighted by Crippen LogP contribution is 2.33. The van der Waals surface area contributed by atoms with Gasteiger partial charge in [0.25, 0.3) is 0 Å². The van der Waals surface area contributed by atoms with Gasteiger partial charge >= 0.3 is 5.69 Å². The Balaban J connectivity index is 2.18. The Morgan fingerprint density at radius 2 is 2.18 bits per heavy atom. The maximum atomic E-state index is 12.0. The molecule has 17 heavy (non-hydrogen) atoms. The van der Waals surface area contributed by atoms with Crippen LogP contribution in [0, 0.1) is 5.41 Å². The van der Waals surface area contributed by atoms with Crippen LogP contribution in [0.25, 0.3) is 0 Å². The molecule has 3 N–H and O–H groups in total. The second-order valence-corrected chi connectivity index (χ2v) is 5.20. The highest BCUT2D eigenvalue weighted by atomic mass is 16.2. The number of hydrazine groups is 1. The first-order valence-electron chi connectivity index (χ1n) is 5.74. The van der Waals surface area contributed by atoms with Gasteiger partial charge in [-0.05, 0) is 26.7 Å². The number of carbonyl (C=O) groups excluding carboxylic acids is 1. The van der Waals surface area contributed by atoms with E-state index in [9.17, 15) is 9.59 Å². The largest absolute Gasteiger partial charge is 0.328 e. The van der Waals surface area contributed by atoms with Crippen molar-refractivity contribution in [2.75, 3.05) is 0 Å². The molecule has 0 bridgehead atoms. The number of amides is 1. The molecule has 0 aromatic carbocycles. The normalized spacial score (nSPS) is 15.9. The maximum Gasteiger partial charge on any atom is 0.328 e. The van der Waals surface area contributed by atoms with Gasteiger partial charge in [-0.3, -0.25) is 19.4 Å². The van der Waals surface area contributed by atoms with Crippen molar-refractivity contribution in [3.8, 4) is 0 Å². The van der Waals surface area contributed by atoms with E-state index in [1.165, 1.54) is 0 Å². The summed E-state index contributed by atoms with van der Waals surface area (Å²) in [6, 6.07) is 0.357. The average Bonchev–Trinajstić information content (AvgIpc) is 3.05. The minimum absolute atomic E-state index is 0.0506. The topological polar surface area (TPSA) is 82.0 Å². The quantitative estimate of drug-likeness (QED) is 0.440. The first-order valence-corrected chi connectivity index (χ1v) is 5.74. The van der Waals surface area contributed by atoms with E-state index in [4.69, 9.17) is 5.84 Å². The van der Waals surface area contributed by atoms with Crippen LogP contribution in [0.3, 0.4) is 0 Å². The van der Waals surface area contributed by atoms with Crippen LogP contribution in [0.4, 0.5) is 0 Å². The van der Waals surface area contributed by atoms with Crippen LogP contribution in [-0.4, -0.2) is 15.0 Å². The van der Waals surface area contributed by atoms with Crippen LogP contribution in [0.5, 0.6) is 0 Å². The molecule has 1 aliphatic rings. The molecule has 1 aliphatic carbocycles. The van der Waals surface area contributed by atoms with E-state index in [0.29, 0.717) is 12.6 Å². The molecule has 1 aromatic rings. The van der Waals surface area contributed by atoms with Crippen molar-refractivity contribution in [2.24, 2.45) is 11.3 Å². The summed E-state index contributed by atoms with van der Waals surface area (Å²) in [6.07, 6.45) is 5.65.